The maximum absolute atomic E-state index is 12.2. The first-order chi connectivity index (χ1) is 25.5. The molecule has 5 nitrogen and oxygen atoms in total. The molecule has 295 valence electrons. The Morgan fingerprint density at radius 2 is 1.47 bits per heavy atom. The Morgan fingerprint density at radius 1 is 0.836 bits per heavy atom. The zero-order valence-electron chi connectivity index (χ0n) is 35.0. The van der Waals surface area contributed by atoms with Gasteiger partial charge >= 0.3 is 0 Å². The van der Waals surface area contributed by atoms with Gasteiger partial charge in [0.05, 0.1) is 5.56 Å². The molecule has 6 rings (SSSR count). The summed E-state index contributed by atoms with van der Waals surface area (Å²) in [5.74, 6) is 2.61. The Bertz CT molecular complexity index is 2290. The van der Waals surface area contributed by atoms with Crippen LogP contribution in [-0.4, -0.2) is 15.9 Å². The number of aryl methyl sites for hydroxylation is 1. The minimum atomic E-state index is -0.337. The number of ketones is 1. The Labute approximate surface area is 342 Å². The molecule has 0 aliphatic rings. The zero-order chi connectivity index (χ0) is 39.6. The predicted molar refractivity (Wildman–Crippen MR) is 226 cm³/mol. The topological polar surface area (TPSA) is 76.5 Å². The number of rotatable bonds is 11. The minimum Gasteiger partial charge on any atom is -0.512 e. The summed E-state index contributed by atoms with van der Waals surface area (Å²) in [4.78, 5) is 17.0. The fraction of sp³-hybridized carbons (Fsp3) is 0.429. The summed E-state index contributed by atoms with van der Waals surface area (Å²) in [6.07, 6.45) is 7.60. The van der Waals surface area contributed by atoms with E-state index >= 15 is 0 Å². The van der Waals surface area contributed by atoms with Crippen LogP contribution in [0.15, 0.2) is 87.5 Å². The third-order valence-corrected chi connectivity index (χ3v) is 11.8. The smallest absolute Gasteiger partial charge is 0.164 e. The summed E-state index contributed by atoms with van der Waals surface area (Å²) in [5.41, 5.74) is 6.31. The summed E-state index contributed by atoms with van der Waals surface area (Å²) >= 11 is 0. The predicted octanol–water partition coefficient (Wildman–Crippen LogP) is 14.3. The molecule has 0 amide bonds. The van der Waals surface area contributed by atoms with Crippen molar-refractivity contribution < 1.29 is 38.8 Å². The molecule has 3 aromatic heterocycles. The zero-order valence-corrected chi connectivity index (χ0v) is 37.4. The van der Waals surface area contributed by atoms with Crippen LogP contribution in [0.25, 0.3) is 55.3 Å². The van der Waals surface area contributed by atoms with Crippen LogP contribution in [0.1, 0.15) is 119 Å². The average molecular weight is 919 g/mol. The third-order valence-electron chi connectivity index (χ3n) is 11.8. The van der Waals surface area contributed by atoms with E-state index in [9.17, 15) is 9.90 Å². The van der Waals surface area contributed by atoms with Gasteiger partial charge in [-0.15, -0.1) is 29.1 Å². The van der Waals surface area contributed by atoms with E-state index in [1.54, 1.807) is 0 Å². The normalized spacial score (nSPS) is 12.6. The number of hydrogen-bond acceptors (Lipinski definition) is 5. The number of allylic oxidation sites excluding steroid dienone is 2. The van der Waals surface area contributed by atoms with Gasteiger partial charge in [-0.05, 0) is 68.6 Å². The maximum atomic E-state index is 12.2. The second kappa shape index (κ2) is 17.4. The molecule has 1 radical (unpaired) electrons. The van der Waals surface area contributed by atoms with Crippen molar-refractivity contribution in [3.63, 3.8) is 0 Å². The van der Waals surface area contributed by atoms with Crippen LogP contribution in [-0.2, 0) is 36.7 Å². The first-order valence-electron chi connectivity index (χ1n) is 19.8. The van der Waals surface area contributed by atoms with Crippen molar-refractivity contribution >= 4 is 38.5 Å². The van der Waals surface area contributed by atoms with Gasteiger partial charge in [0.25, 0.3) is 0 Å². The van der Waals surface area contributed by atoms with Crippen LogP contribution >= 0.6 is 0 Å². The Hall–Kier alpha value is -3.99. The van der Waals surface area contributed by atoms with Crippen molar-refractivity contribution in [3.05, 3.63) is 102 Å². The molecule has 3 aromatic carbocycles. The SMILES string of the molecule is CCC(C)(CC)C(=O)/C=C(\O)C(C)(CC)CC.Cc1oc2c(-c3cc4ccnc(-c5[c-]c6ccccc6c(C(C)(C)C)c5)c4o3)cccc2c1CC(C)C.[Ir]. The molecule has 0 aliphatic carbocycles. The van der Waals surface area contributed by atoms with E-state index in [1.807, 2.05) is 53.8 Å². The van der Waals surface area contributed by atoms with Gasteiger partial charge in [-0.3, -0.25) is 9.78 Å². The number of carbonyl (C=O) groups is 1. The van der Waals surface area contributed by atoms with E-state index in [0.717, 1.165) is 82.4 Å². The van der Waals surface area contributed by atoms with Crippen LogP contribution < -0.4 is 0 Å². The summed E-state index contributed by atoms with van der Waals surface area (Å²) in [5, 5.41) is 14.6. The van der Waals surface area contributed by atoms with Gasteiger partial charge in [0, 0.05) is 65.2 Å². The van der Waals surface area contributed by atoms with Crippen LogP contribution in [0, 0.1) is 29.7 Å². The molecule has 55 heavy (non-hydrogen) atoms. The van der Waals surface area contributed by atoms with Crippen LogP contribution in [0.5, 0.6) is 0 Å². The summed E-state index contributed by atoms with van der Waals surface area (Å²) in [7, 11) is 0. The van der Waals surface area contributed by atoms with E-state index in [1.165, 1.54) is 28.0 Å². The number of furan rings is 2. The molecule has 0 unspecified atom stereocenters. The van der Waals surface area contributed by atoms with Crippen molar-refractivity contribution in [1.29, 1.82) is 0 Å². The van der Waals surface area contributed by atoms with Gasteiger partial charge in [0.1, 0.15) is 28.4 Å². The van der Waals surface area contributed by atoms with E-state index in [4.69, 9.17) is 13.8 Å². The summed E-state index contributed by atoms with van der Waals surface area (Å²) in [6.45, 7) is 25.4. The van der Waals surface area contributed by atoms with Gasteiger partial charge in [-0.1, -0.05) is 117 Å². The molecule has 6 heteroatoms. The number of aliphatic hydroxyl groups is 1. The van der Waals surface area contributed by atoms with Crippen molar-refractivity contribution in [2.24, 2.45) is 16.7 Å². The molecule has 0 fully saturated rings. The van der Waals surface area contributed by atoms with Crippen LogP contribution in [0.4, 0.5) is 0 Å². The summed E-state index contributed by atoms with van der Waals surface area (Å²) < 4.78 is 12.9. The second-order valence-electron chi connectivity index (χ2n) is 16.9. The first kappa shape index (κ1) is 43.7. The van der Waals surface area contributed by atoms with Gasteiger partial charge in [-0.2, -0.15) is 0 Å². The third kappa shape index (κ3) is 9.03. The first-order valence-corrected chi connectivity index (χ1v) is 19.8. The number of para-hydroxylation sites is 1. The molecule has 0 spiro atoms. The standard InChI is InChI=1S/C34H32NO2.C15H28O2.Ir/c1-20(2)16-28-21(3)36-33-26(28)12-9-13-27(33)30-19-23-14-15-35-31(32(23)37-30)24-17-22-10-7-8-11-25(22)29(18-24)34(4,5)6;1-7-14(5,8-2)12(16)11-13(17)15(6,9-3)10-4;/h7-15,18-20H,16H2,1-6H3;11,16H,7-10H2,1-6H3;/q-1;;/b;12-11-;. The number of nitrogens with zero attached hydrogens (tertiary/aromatic N) is 1. The number of pyridine rings is 1. The number of fused-ring (bicyclic) bond motifs is 3. The van der Waals surface area contributed by atoms with Crippen molar-refractivity contribution in [2.45, 2.75) is 121 Å². The Morgan fingerprint density at radius 3 is 2.09 bits per heavy atom. The monoisotopic (exact) mass is 919 g/mol. The van der Waals surface area contributed by atoms with E-state index in [2.05, 4.69) is 102 Å². The number of hydrogen-bond donors (Lipinski definition) is 1. The van der Waals surface area contributed by atoms with Crippen LogP contribution in [0.2, 0.25) is 0 Å². The number of benzene rings is 3. The molecular weight excluding hydrogens is 859 g/mol. The quantitative estimate of drug-likeness (QED) is 0.0796. The van der Waals surface area contributed by atoms with Crippen molar-refractivity contribution in [2.75, 3.05) is 0 Å². The van der Waals surface area contributed by atoms with Crippen LogP contribution in [0.3, 0.4) is 0 Å². The molecule has 0 aliphatic heterocycles. The fourth-order valence-electron chi connectivity index (χ4n) is 7.10. The molecule has 0 atom stereocenters. The molecule has 6 aromatic rings. The van der Waals surface area contributed by atoms with E-state index < -0.39 is 0 Å². The summed E-state index contributed by atoms with van der Waals surface area (Å²) in [6, 6.07) is 24.7. The van der Waals surface area contributed by atoms with Gasteiger partial charge in [0.15, 0.2) is 5.78 Å². The molecule has 0 saturated heterocycles. The Kier molecular flexibility index (Phi) is 13.9. The number of carbonyl (C=O) groups excluding carboxylic acids is 1. The second-order valence-corrected chi connectivity index (χ2v) is 16.9. The largest absolute Gasteiger partial charge is 0.512 e. The van der Waals surface area contributed by atoms with E-state index in [0.29, 0.717) is 5.92 Å². The average Bonchev–Trinajstić information content (AvgIpc) is 3.73. The number of aliphatic hydroxyl groups excluding tert-OH is 1. The molecule has 3 heterocycles. The van der Waals surface area contributed by atoms with Gasteiger partial charge in [0.2, 0.25) is 0 Å². The molecule has 0 bridgehead atoms. The molecule has 0 saturated carbocycles. The van der Waals surface area contributed by atoms with Crippen molar-refractivity contribution in [3.8, 4) is 22.6 Å². The maximum Gasteiger partial charge on any atom is 0.164 e. The Balaban J connectivity index is 0.000000320. The molecular formula is C49H60IrNO4-. The van der Waals surface area contributed by atoms with E-state index in [-0.39, 0.29) is 47.9 Å². The van der Waals surface area contributed by atoms with Gasteiger partial charge in [-0.25, -0.2) is 0 Å². The van der Waals surface area contributed by atoms with Crippen molar-refractivity contribution in [1.82, 2.24) is 4.98 Å². The number of aromatic nitrogens is 1. The van der Waals surface area contributed by atoms with Gasteiger partial charge < -0.3 is 13.9 Å². The molecule has 1 N–H and O–H groups in total. The fourth-order valence-corrected chi connectivity index (χ4v) is 7.10. The minimum absolute atomic E-state index is 0.